The summed E-state index contributed by atoms with van der Waals surface area (Å²) in [6.45, 7) is 0. The standard InChI is InChI=1S/C15H18P2/c16-17-15-7-3-6-14(15)13-9-8-11-4-1-2-5-12(11)10-13/h1-2,4-6,8-12,15,17H,3,7,16H2/t11?,12?,15-/m0/s1. The Balaban J connectivity index is 1.86. The molecule has 4 unspecified atom stereocenters. The quantitative estimate of drug-likeness (QED) is 0.645. The van der Waals surface area contributed by atoms with Gasteiger partial charge in [0.25, 0.3) is 0 Å². The van der Waals surface area contributed by atoms with E-state index in [1.165, 1.54) is 18.4 Å². The second kappa shape index (κ2) is 5.05. The molecule has 0 fully saturated rings. The third-order valence-corrected chi connectivity index (χ3v) is 6.03. The summed E-state index contributed by atoms with van der Waals surface area (Å²) in [6, 6.07) is 0. The van der Waals surface area contributed by atoms with E-state index in [1.54, 1.807) is 5.57 Å². The van der Waals surface area contributed by atoms with Crippen LogP contribution < -0.4 is 0 Å². The van der Waals surface area contributed by atoms with Crippen molar-refractivity contribution in [3.63, 3.8) is 0 Å². The fraction of sp³-hybridized carbons (Fsp3) is 0.333. The van der Waals surface area contributed by atoms with Gasteiger partial charge in [0, 0.05) is 17.5 Å². The summed E-state index contributed by atoms with van der Waals surface area (Å²) < 4.78 is 0. The van der Waals surface area contributed by atoms with Gasteiger partial charge in [-0.05, 0) is 24.0 Å². The Hall–Kier alpha value is -0.440. The summed E-state index contributed by atoms with van der Waals surface area (Å²) in [4.78, 5) is 0. The fourth-order valence-corrected chi connectivity index (χ4v) is 4.70. The molecule has 0 aromatic heterocycles. The lowest BCUT2D eigenvalue weighted by molar-refractivity contribution is 0.655. The molecule has 88 valence electrons. The smallest absolute Gasteiger partial charge is 0.00565 e. The van der Waals surface area contributed by atoms with Crippen LogP contribution in [-0.4, -0.2) is 5.66 Å². The molecule has 0 heterocycles. The highest BCUT2D eigenvalue weighted by molar-refractivity contribution is 8.03. The van der Waals surface area contributed by atoms with E-state index in [4.69, 9.17) is 0 Å². The summed E-state index contributed by atoms with van der Waals surface area (Å²) >= 11 is 0. The van der Waals surface area contributed by atoms with Crippen LogP contribution in [0.15, 0.2) is 59.8 Å². The zero-order chi connectivity index (χ0) is 11.7. The first-order valence-corrected chi connectivity index (χ1v) is 9.19. The van der Waals surface area contributed by atoms with E-state index in [0.717, 1.165) is 13.9 Å². The lowest BCUT2D eigenvalue weighted by atomic mass is 9.81. The third kappa shape index (κ3) is 2.26. The summed E-state index contributed by atoms with van der Waals surface area (Å²) in [6.07, 6.45) is 21.1. The minimum absolute atomic E-state index is 0.579. The van der Waals surface area contributed by atoms with Crippen molar-refractivity contribution in [1.82, 2.24) is 0 Å². The maximum atomic E-state index is 2.93. The van der Waals surface area contributed by atoms with E-state index >= 15 is 0 Å². The Morgan fingerprint density at radius 2 is 1.94 bits per heavy atom. The van der Waals surface area contributed by atoms with Crippen LogP contribution in [0.3, 0.4) is 0 Å². The summed E-state index contributed by atoms with van der Waals surface area (Å²) in [5.74, 6) is 1.16. The fourth-order valence-electron chi connectivity index (χ4n) is 2.87. The summed E-state index contributed by atoms with van der Waals surface area (Å²) in [7, 11) is 3.88. The van der Waals surface area contributed by atoms with Crippen LogP contribution in [-0.2, 0) is 0 Å². The van der Waals surface area contributed by atoms with Gasteiger partial charge in [-0.3, -0.25) is 0 Å². The van der Waals surface area contributed by atoms with Crippen molar-refractivity contribution in [2.75, 3.05) is 0 Å². The lowest BCUT2D eigenvalue weighted by Crippen LogP contribution is -2.13. The maximum Gasteiger partial charge on any atom is 0.00565 e. The van der Waals surface area contributed by atoms with Crippen LogP contribution in [0.4, 0.5) is 0 Å². The van der Waals surface area contributed by atoms with Gasteiger partial charge in [0.1, 0.15) is 0 Å². The molecule has 5 atom stereocenters. The van der Waals surface area contributed by atoms with Gasteiger partial charge < -0.3 is 0 Å². The van der Waals surface area contributed by atoms with Crippen molar-refractivity contribution in [1.29, 1.82) is 0 Å². The molecule has 3 aliphatic rings. The highest BCUT2D eigenvalue weighted by Gasteiger charge is 2.24. The minimum atomic E-state index is 0.579. The topological polar surface area (TPSA) is 0 Å². The zero-order valence-corrected chi connectivity index (χ0v) is 12.0. The van der Waals surface area contributed by atoms with E-state index in [1.807, 2.05) is 0 Å². The van der Waals surface area contributed by atoms with Gasteiger partial charge in [-0.15, -0.1) is 8.93 Å². The Labute approximate surface area is 108 Å². The molecule has 0 saturated carbocycles. The number of fused-ring (bicyclic) bond motifs is 1. The first-order chi connectivity index (χ1) is 8.38. The molecular formula is C15H18P2. The van der Waals surface area contributed by atoms with Gasteiger partial charge in [-0.25, -0.2) is 0 Å². The Morgan fingerprint density at radius 1 is 1.12 bits per heavy atom. The number of hydrogen-bond acceptors (Lipinski definition) is 0. The maximum absolute atomic E-state index is 2.93. The zero-order valence-electron chi connectivity index (χ0n) is 9.84. The minimum Gasteiger partial charge on any atom is -0.114 e. The first kappa shape index (κ1) is 11.6. The molecule has 0 N–H and O–H groups in total. The van der Waals surface area contributed by atoms with Crippen molar-refractivity contribution in [3.8, 4) is 0 Å². The lowest BCUT2D eigenvalue weighted by Gasteiger charge is -2.25. The van der Waals surface area contributed by atoms with Crippen molar-refractivity contribution >= 4 is 17.2 Å². The van der Waals surface area contributed by atoms with E-state index in [9.17, 15) is 0 Å². The normalized spacial score (nSPS) is 35.2. The van der Waals surface area contributed by atoms with E-state index < -0.39 is 0 Å². The molecule has 0 bridgehead atoms. The SMILES string of the molecule is PP[C@H]1CCC=C1C1=CC2C=CC=CC2C=C1. The molecule has 0 radical (unpaired) electrons. The molecular weight excluding hydrogens is 242 g/mol. The average Bonchev–Trinajstić information content (AvgIpc) is 2.86. The number of allylic oxidation sites excluding steroid dienone is 10. The molecule has 17 heavy (non-hydrogen) atoms. The van der Waals surface area contributed by atoms with Crippen LogP contribution in [0.2, 0.25) is 0 Å². The predicted molar refractivity (Wildman–Crippen MR) is 81.6 cm³/mol. The molecule has 3 aliphatic carbocycles. The van der Waals surface area contributed by atoms with Crippen LogP contribution in [0, 0.1) is 11.8 Å². The summed E-state index contributed by atoms with van der Waals surface area (Å²) in [5.41, 5.74) is 3.86. The molecule has 0 aromatic rings. The van der Waals surface area contributed by atoms with Gasteiger partial charge in [-0.1, -0.05) is 56.9 Å². The monoisotopic (exact) mass is 260 g/mol. The number of hydrogen-bond donors (Lipinski definition) is 0. The Morgan fingerprint density at radius 3 is 2.76 bits per heavy atom. The van der Waals surface area contributed by atoms with Gasteiger partial charge in [0.05, 0.1) is 0 Å². The molecule has 0 aliphatic heterocycles. The highest BCUT2D eigenvalue weighted by atomic mass is 32.0. The van der Waals surface area contributed by atoms with Crippen molar-refractivity contribution in [2.24, 2.45) is 11.8 Å². The molecule has 0 nitrogen and oxygen atoms in total. The molecule has 0 saturated heterocycles. The summed E-state index contributed by atoms with van der Waals surface area (Å²) in [5, 5.41) is 0. The second-order valence-electron chi connectivity index (χ2n) is 4.86. The third-order valence-electron chi connectivity index (χ3n) is 3.82. The van der Waals surface area contributed by atoms with E-state index in [2.05, 4.69) is 57.5 Å². The number of rotatable bonds is 2. The largest absolute Gasteiger partial charge is 0.114 e. The molecule has 3 rings (SSSR count). The van der Waals surface area contributed by atoms with Crippen LogP contribution in [0.1, 0.15) is 12.8 Å². The van der Waals surface area contributed by atoms with Crippen LogP contribution in [0.25, 0.3) is 0 Å². The van der Waals surface area contributed by atoms with E-state index in [0.29, 0.717) is 11.8 Å². The molecule has 0 amide bonds. The molecule has 2 heteroatoms. The first-order valence-electron chi connectivity index (χ1n) is 6.30. The van der Waals surface area contributed by atoms with Crippen molar-refractivity contribution in [3.05, 3.63) is 59.8 Å². The van der Waals surface area contributed by atoms with E-state index in [-0.39, 0.29) is 0 Å². The van der Waals surface area contributed by atoms with Gasteiger partial charge in [0.15, 0.2) is 0 Å². The average molecular weight is 260 g/mol. The molecule has 0 spiro atoms. The van der Waals surface area contributed by atoms with Crippen LogP contribution in [0.5, 0.6) is 0 Å². The predicted octanol–water partition coefficient (Wildman–Crippen LogP) is 4.40. The molecule has 0 aromatic carbocycles. The Kier molecular flexibility index (Phi) is 3.46. The van der Waals surface area contributed by atoms with Gasteiger partial charge >= 0.3 is 0 Å². The Bertz CT molecular complexity index is 452. The van der Waals surface area contributed by atoms with Crippen LogP contribution >= 0.6 is 17.2 Å². The second-order valence-corrected chi connectivity index (χ2v) is 6.89. The van der Waals surface area contributed by atoms with Gasteiger partial charge in [-0.2, -0.15) is 0 Å². The highest BCUT2D eigenvalue weighted by Crippen LogP contribution is 2.44. The van der Waals surface area contributed by atoms with Gasteiger partial charge in [0.2, 0.25) is 0 Å². The van der Waals surface area contributed by atoms with Crippen molar-refractivity contribution < 1.29 is 0 Å². The van der Waals surface area contributed by atoms with Crippen molar-refractivity contribution in [2.45, 2.75) is 18.5 Å².